The Labute approximate surface area is 177 Å². The maximum atomic E-state index is 13.0. The molecule has 0 radical (unpaired) electrons. The summed E-state index contributed by atoms with van der Waals surface area (Å²) in [6, 6.07) is 8.16. The summed E-state index contributed by atoms with van der Waals surface area (Å²) in [5.41, 5.74) is 4.54. The molecule has 1 amide bonds. The largest absolute Gasteiger partial charge is 0.336 e. The van der Waals surface area contributed by atoms with Crippen LogP contribution in [0.4, 0.5) is 0 Å². The number of amides is 1. The molecule has 1 aliphatic rings. The average molecular weight is 420 g/mol. The standard InChI is InChI=1S/C22H21N5O2S/c1-14-7-15(2)9-17(8-14)27-21-18(10-24-27)22(29)26(13-23-21)12-20(28)25-5-3-19-16(11-25)4-6-30-19/h4,6-10,13H,3,5,11-12H2,1-2H3. The molecule has 0 unspecified atom stereocenters. The SMILES string of the molecule is Cc1cc(C)cc(-n2ncc3c(=O)n(CC(=O)N4CCc5sccc5C4)cnc32)c1. The van der Waals surface area contributed by atoms with E-state index in [1.54, 1.807) is 16.0 Å². The Balaban J connectivity index is 1.43. The van der Waals surface area contributed by atoms with Crippen LogP contribution in [-0.4, -0.2) is 36.7 Å². The molecule has 1 aromatic carbocycles. The molecular formula is C22H21N5O2S. The Bertz CT molecular complexity index is 1310. The number of carbonyl (C=O) groups is 1. The van der Waals surface area contributed by atoms with E-state index >= 15 is 0 Å². The molecule has 1 aliphatic heterocycles. The number of hydrogen-bond donors (Lipinski definition) is 0. The van der Waals surface area contributed by atoms with Crippen LogP contribution in [-0.2, 0) is 24.3 Å². The van der Waals surface area contributed by atoms with Gasteiger partial charge in [0, 0.05) is 18.0 Å². The van der Waals surface area contributed by atoms with Crippen LogP contribution in [0.5, 0.6) is 0 Å². The second-order valence-electron chi connectivity index (χ2n) is 7.75. The van der Waals surface area contributed by atoms with Crippen LogP contribution in [0.25, 0.3) is 16.7 Å². The molecule has 0 bridgehead atoms. The van der Waals surface area contributed by atoms with Crippen molar-refractivity contribution in [1.82, 2.24) is 24.2 Å². The van der Waals surface area contributed by atoms with Crippen molar-refractivity contribution in [2.45, 2.75) is 33.4 Å². The van der Waals surface area contributed by atoms with Crippen LogP contribution in [0, 0.1) is 13.8 Å². The Hall–Kier alpha value is -3.26. The first-order chi connectivity index (χ1) is 14.5. The molecule has 8 heteroatoms. The monoisotopic (exact) mass is 419 g/mol. The number of rotatable bonds is 3. The van der Waals surface area contributed by atoms with Crippen LogP contribution in [0.3, 0.4) is 0 Å². The molecule has 0 saturated heterocycles. The highest BCUT2D eigenvalue weighted by Gasteiger charge is 2.22. The van der Waals surface area contributed by atoms with Gasteiger partial charge in [-0.1, -0.05) is 6.07 Å². The van der Waals surface area contributed by atoms with Gasteiger partial charge < -0.3 is 4.90 Å². The molecule has 5 rings (SSSR count). The van der Waals surface area contributed by atoms with Gasteiger partial charge in [0.05, 0.1) is 11.9 Å². The quantitative estimate of drug-likeness (QED) is 0.512. The molecular weight excluding hydrogens is 398 g/mol. The van der Waals surface area contributed by atoms with Gasteiger partial charge in [-0.25, -0.2) is 9.67 Å². The molecule has 3 aromatic heterocycles. The lowest BCUT2D eigenvalue weighted by Gasteiger charge is -2.27. The number of benzene rings is 1. The normalized spacial score (nSPS) is 13.6. The van der Waals surface area contributed by atoms with E-state index in [1.807, 2.05) is 30.9 Å². The highest BCUT2D eigenvalue weighted by Crippen LogP contribution is 2.24. The van der Waals surface area contributed by atoms with Crippen molar-refractivity contribution in [3.05, 3.63) is 74.1 Å². The van der Waals surface area contributed by atoms with E-state index in [0.717, 1.165) is 23.2 Å². The van der Waals surface area contributed by atoms with Gasteiger partial charge >= 0.3 is 0 Å². The van der Waals surface area contributed by atoms with Gasteiger partial charge in [-0.05, 0) is 60.5 Å². The van der Waals surface area contributed by atoms with Gasteiger partial charge in [-0.15, -0.1) is 11.3 Å². The second-order valence-corrected chi connectivity index (χ2v) is 8.75. The fraction of sp³-hybridized carbons (Fsp3) is 0.273. The topological polar surface area (TPSA) is 73.0 Å². The number of aromatic nitrogens is 4. The van der Waals surface area contributed by atoms with Crippen molar-refractivity contribution in [2.75, 3.05) is 6.54 Å². The predicted molar refractivity (Wildman–Crippen MR) is 116 cm³/mol. The number of fused-ring (bicyclic) bond motifs is 2. The molecule has 152 valence electrons. The molecule has 30 heavy (non-hydrogen) atoms. The zero-order chi connectivity index (χ0) is 20.8. The summed E-state index contributed by atoms with van der Waals surface area (Å²) in [5, 5.41) is 6.85. The van der Waals surface area contributed by atoms with Crippen LogP contribution in [0.2, 0.25) is 0 Å². The Morgan fingerprint density at radius 1 is 1.20 bits per heavy atom. The summed E-state index contributed by atoms with van der Waals surface area (Å²) in [7, 11) is 0. The van der Waals surface area contributed by atoms with Gasteiger partial charge in [0.1, 0.15) is 18.3 Å². The molecule has 0 fully saturated rings. The summed E-state index contributed by atoms with van der Waals surface area (Å²) >= 11 is 1.74. The van der Waals surface area contributed by atoms with E-state index in [0.29, 0.717) is 24.1 Å². The lowest BCUT2D eigenvalue weighted by atomic mass is 10.1. The number of carbonyl (C=O) groups excluding carboxylic acids is 1. The van der Waals surface area contributed by atoms with Crippen molar-refractivity contribution in [3.8, 4) is 5.69 Å². The zero-order valence-corrected chi connectivity index (χ0v) is 17.6. The van der Waals surface area contributed by atoms with Gasteiger partial charge in [0.25, 0.3) is 5.56 Å². The minimum atomic E-state index is -0.253. The van der Waals surface area contributed by atoms with Gasteiger partial charge in [-0.3, -0.25) is 14.2 Å². The zero-order valence-electron chi connectivity index (χ0n) is 16.8. The lowest BCUT2D eigenvalue weighted by Crippen LogP contribution is -2.39. The van der Waals surface area contributed by atoms with E-state index < -0.39 is 0 Å². The van der Waals surface area contributed by atoms with Crippen molar-refractivity contribution >= 4 is 28.3 Å². The van der Waals surface area contributed by atoms with E-state index in [-0.39, 0.29) is 18.0 Å². The van der Waals surface area contributed by atoms with E-state index in [1.165, 1.54) is 27.5 Å². The van der Waals surface area contributed by atoms with Crippen LogP contribution < -0.4 is 5.56 Å². The molecule has 4 heterocycles. The number of thiophene rings is 1. The van der Waals surface area contributed by atoms with E-state index in [9.17, 15) is 9.59 Å². The maximum absolute atomic E-state index is 13.0. The first-order valence-corrected chi connectivity index (χ1v) is 10.7. The van der Waals surface area contributed by atoms with Crippen LogP contribution in [0.15, 0.2) is 47.0 Å². The Morgan fingerprint density at radius 3 is 2.80 bits per heavy atom. The number of hydrogen-bond acceptors (Lipinski definition) is 5. The number of aryl methyl sites for hydroxylation is 2. The van der Waals surface area contributed by atoms with E-state index in [2.05, 4.69) is 27.6 Å². The Kier molecular flexibility index (Phi) is 4.51. The molecule has 0 atom stereocenters. The van der Waals surface area contributed by atoms with Crippen molar-refractivity contribution in [2.24, 2.45) is 0 Å². The second kappa shape index (κ2) is 7.21. The molecule has 0 spiro atoms. The van der Waals surface area contributed by atoms with Gasteiger partial charge in [0.15, 0.2) is 5.65 Å². The first-order valence-electron chi connectivity index (χ1n) is 9.84. The third-order valence-corrected chi connectivity index (χ3v) is 6.49. The summed E-state index contributed by atoms with van der Waals surface area (Å²) < 4.78 is 3.05. The first kappa shape index (κ1) is 18.7. The molecule has 0 aliphatic carbocycles. The molecule has 7 nitrogen and oxygen atoms in total. The minimum absolute atomic E-state index is 0.0179. The molecule has 0 N–H and O–H groups in total. The fourth-order valence-corrected chi connectivity index (χ4v) is 4.92. The number of nitrogens with zero attached hydrogens (tertiary/aromatic N) is 5. The van der Waals surface area contributed by atoms with Gasteiger partial charge in [-0.2, -0.15) is 5.10 Å². The average Bonchev–Trinajstić information content (AvgIpc) is 3.35. The maximum Gasteiger partial charge on any atom is 0.264 e. The fourth-order valence-electron chi connectivity index (χ4n) is 4.03. The Morgan fingerprint density at radius 2 is 2.00 bits per heavy atom. The van der Waals surface area contributed by atoms with Crippen LogP contribution in [0.1, 0.15) is 21.6 Å². The highest BCUT2D eigenvalue weighted by atomic mass is 32.1. The predicted octanol–water partition coefficient (Wildman–Crippen LogP) is 2.85. The van der Waals surface area contributed by atoms with Crippen LogP contribution >= 0.6 is 11.3 Å². The summed E-state index contributed by atoms with van der Waals surface area (Å²) in [6.07, 6.45) is 3.85. The summed E-state index contributed by atoms with van der Waals surface area (Å²) in [5.74, 6) is -0.0724. The van der Waals surface area contributed by atoms with Crippen molar-refractivity contribution in [1.29, 1.82) is 0 Å². The van der Waals surface area contributed by atoms with Crippen molar-refractivity contribution < 1.29 is 4.79 Å². The molecule has 0 saturated carbocycles. The lowest BCUT2D eigenvalue weighted by molar-refractivity contribution is -0.132. The van der Waals surface area contributed by atoms with Crippen molar-refractivity contribution in [3.63, 3.8) is 0 Å². The molecule has 4 aromatic rings. The minimum Gasteiger partial charge on any atom is -0.336 e. The van der Waals surface area contributed by atoms with Gasteiger partial charge in [0.2, 0.25) is 5.91 Å². The summed E-state index contributed by atoms with van der Waals surface area (Å²) in [6.45, 7) is 5.31. The third kappa shape index (κ3) is 3.23. The third-order valence-electron chi connectivity index (χ3n) is 5.47. The highest BCUT2D eigenvalue weighted by molar-refractivity contribution is 7.10. The smallest absolute Gasteiger partial charge is 0.264 e. The van der Waals surface area contributed by atoms with E-state index in [4.69, 9.17) is 0 Å². The summed E-state index contributed by atoms with van der Waals surface area (Å²) in [4.78, 5) is 33.4.